The van der Waals surface area contributed by atoms with Crippen molar-refractivity contribution in [2.24, 2.45) is 5.73 Å². The lowest BCUT2D eigenvalue weighted by Crippen LogP contribution is -2.17. The maximum Gasteiger partial charge on any atom is 0.221 e. The van der Waals surface area contributed by atoms with Crippen molar-refractivity contribution >= 4 is 11.6 Å². The van der Waals surface area contributed by atoms with Crippen molar-refractivity contribution in [1.82, 2.24) is 0 Å². The molecule has 0 saturated carbocycles. The lowest BCUT2D eigenvalue weighted by Gasteiger charge is -2.22. The summed E-state index contributed by atoms with van der Waals surface area (Å²) in [5, 5.41) is 2.79. The summed E-state index contributed by atoms with van der Waals surface area (Å²) in [6.45, 7) is 1.52. The van der Waals surface area contributed by atoms with Gasteiger partial charge in [0.1, 0.15) is 0 Å². The maximum absolute atomic E-state index is 10.9. The fourth-order valence-corrected chi connectivity index (χ4v) is 2.13. The molecule has 1 atom stereocenters. The number of fused-ring (bicyclic) bond motifs is 1. The van der Waals surface area contributed by atoms with E-state index < -0.39 is 0 Å². The minimum Gasteiger partial charge on any atom is -0.326 e. The van der Waals surface area contributed by atoms with Gasteiger partial charge in [-0.2, -0.15) is 0 Å². The van der Waals surface area contributed by atoms with E-state index in [1.54, 1.807) is 0 Å². The van der Waals surface area contributed by atoms with E-state index in [2.05, 4.69) is 5.32 Å². The monoisotopic (exact) mass is 204 g/mol. The molecule has 1 aromatic carbocycles. The maximum atomic E-state index is 10.9. The molecular weight excluding hydrogens is 188 g/mol. The molecule has 0 radical (unpaired) electrons. The van der Waals surface area contributed by atoms with E-state index in [1.807, 2.05) is 18.2 Å². The lowest BCUT2D eigenvalue weighted by atomic mass is 9.88. The molecule has 0 spiro atoms. The number of benzene rings is 1. The largest absolute Gasteiger partial charge is 0.326 e. The van der Waals surface area contributed by atoms with E-state index in [-0.39, 0.29) is 11.9 Å². The van der Waals surface area contributed by atoms with Crippen LogP contribution in [0.4, 0.5) is 5.69 Å². The molecule has 3 heteroatoms. The first-order valence-corrected chi connectivity index (χ1v) is 5.33. The Balaban J connectivity index is 2.29. The van der Waals surface area contributed by atoms with Crippen LogP contribution in [0.1, 0.15) is 36.9 Å². The molecule has 0 aliphatic heterocycles. The van der Waals surface area contributed by atoms with Crippen LogP contribution >= 0.6 is 0 Å². The number of rotatable bonds is 1. The van der Waals surface area contributed by atoms with Crippen LogP contribution in [-0.4, -0.2) is 5.91 Å². The molecule has 1 aliphatic rings. The minimum atomic E-state index is -0.0324. The second-order valence-corrected chi connectivity index (χ2v) is 4.09. The standard InChI is InChI=1S/C12H16N2O/c1-8(15)14-10-5-6-11-9(7-10)3-2-4-12(11)13/h5-7,12H,2-4,13H2,1H3,(H,14,15)/t12-/m1/s1. The van der Waals surface area contributed by atoms with Gasteiger partial charge in [-0.15, -0.1) is 0 Å². The zero-order valence-corrected chi connectivity index (χ0v) is 8.92. The molecule has 0 unspecified atom stereocenters. The highest BCUT2D eigenvalue weighted by molar-refractivity contribution is 5.88. The van der Waals surface area contributed by atoms with Crippen LogP contribution in [0, 0.1) is 0 Å². The molecule has 1 aromatic rings. The molecule has 2 rings (SSSR count). The van der Waals surface area contributed by atoms with Crippen LogP contribution in [0.3, 0.4) is 0 Å². The van der Waals surface area contributed by atoms with Gasteiger partial charge in [0, 0.05) is 18.7 Å². The lowest BCUT2D eigenvalue weighted by molar-refractivity contribution is -0.114. The number of carbonyl (C=O) groups excluding carboxylic acids is 1. The Morgan fingerprint density at radius 1 is 1.53 bits per heavy atom. The van der Waals surface area contributed by atoms with Gasteiger partial charge < -0.3 is 11.1 Å². The van der Waals surface area contributed by atoms with Crippen molar-refractivity contribution in [1.29, 1.82) is 0 Å². The zero-order chi connectivity index (χ0) is 10.8. The quantitative estimate of drug-likeness (QED) is 0.735. The van der Waals surface area contributed by atoms with Crippen molar-refractivity contribution < 1.29 is 4.79 Å². The molecule has 1 amide bonds. The van der Waals surface area contributed by atoms with E-state index in [4.69, 9.17) is 5.73 Å². The van der Waals surface area contributed by atoms with Gasteiger partial charge in [-0.05, 0) is 42.5 Å². The summed E-state index contributed by atoms with van der Waals surface area (Å²) in [5.41, 5.74) is 9.39. The summed E-state index contributed by atoms with van der Waals surface area (Å²) >= 11 is 0. The van der Waals surface area contributed by atoms with Crippen molar-refractivity contribution in [3.05, 3.63) is 29.3 Å². The van der Waals surface area contributed by atoms with Gasteiger partial charge in [0.05, 0.1) is 0 Å². The number of carbonyl (C=O) groups is 1. The molecule has 0 aromatic heterocycles. The number of nitrogens with one attached hydrogen (secondary N) is 1. The Labute approximate surface area is 89.7 Å². The summed E-state index contributed by atoms with van der Waals surface area (Å²) < 4.78 is 0. The number of anilines is 1. The van der Waals surface area contributed by atoms with Gasteiger partial charge >= 0.3 is 0 Å². The molecule has 0 heterocycles. The summed E-state index contributed by atoms with van der Waals surface area (Å²) in [6.07, 6.45) is 3.26. The summed E-state index contributed by atoms with van der Waals surface area (Å²) in [4.78, 5) is 10.9. The van der Waals surface area contributed by atoms with Gasteiger partial charge in [0.15, 0.2) is 0 Å². The Kier molecular flexibility index (Phi) is 2.73. The van der Waals surface area contributed by atoms with Crippen LogP contribution in [0.15, 0.2) is 18.2 Å². The molecule has 0 saturated heterocycles. The highest BCUT2D eigenvalue weighted by Crippen LogP contribution is 2.29. The van der Waals surface area contributed by atoms with Gasteiger partial charge in [-0.3, -0.25) is 4.79 Å². The highest BCUT2D eigenvalue weighted by Gasteiger charge is 2.16. The average Bonchev–Trinajstić information content (AvgIpc) is 2.17. The summed E-state index contributed by atoms with van der Waals surface area (Å²) in [5.74, 6) is -0.0324. The Morgan fingerprint density at radius 3 is 3.07 bits per heavy atom. The normalized spacial score (nSPS) is 19.5. The smallest absolute Gasteiger partial charge is 0.221 e. The number of nitrogens with two attached hydrogens (primary N) is 1. The predicted molar refractivity (Wildman–Crippen MR) is 60.6 cm³/mol. The van der Waals surface area contributed by atoms with Gasteiger partial charge in [-0.25, -0.2) is 0 Å². The fourth-order valence-electron chi connectivity index (χ4n) is 2.13. The van der Waals surface area contributed by atoms with Crippen LogP contribution in [-0.2, 0) is 11.2 Å². The topological polar surface area (TPSA) is 55.1 Å². The Hall–Kier alpha value is -1.35. The number of hydrogen-bond acceptors (Lipinski definition) is 2. The Bertz CT molecular complexity index is 387. The zero-order valence-electron chi connectivity index (χ0n) is 8.92. The third-order valence-electron chi connectivity index (χ3n) is 2.82. The van der Waals surface area contributed by atoms with E-state index in [9.17, 15) is 4.79 Å². The third kappa shape index (κ3) is 2.18. The number of amides is 1. The van der Waals surface area contributed by atoms with Gasteiger partial charge in [0.25, 0.3) is 0 Å². The molecule has 15 heavy (non-hydrogen) atoms. The molecule has 0 bridgehead atoms. The first kappa shape index (κ1) is 10.2. The SMILES string of the molecule is CC(=O)Nc1ccc2c(c1)CCC[C@H]2N. The van der Waals surface area contributed by atoms with Crippen LogP contribution in [0.2, 0.25) is 0 Å². The first-order chi connectivity index (χ1) is 7.16. The fraction of sp³-hybridized carbons (Fsp3) is 0.417. The summed E-state index contributed by atoms with van der Waals surface area (Å²) in [7, 11) is 0. The van der Waals surface area contributed by atoms with Crippen LogP contribution in [0.25, 0.3) is 0 Å². The number of hydrogen-bond donors (Lipinski definition) is 2. The van der Waals surface area contributed by atoms with E-state index in [0.717, 1.165) is 24.9 Å². The summed E-state index contributed by atoms with van der Waals surface area (Å²) in [6, 6.07) is 6.16. The number of aryl methyl sites for hydroxylation is 1. The second kappa shape index (κ2) is 4.03. The minimum absolute atomic E-state index is 0.0324. The first-order valence-electron chi connectivity index (χ1n) is 5.33. The molecule has 3 nitrogen and oxygen atoms in total. The Morgan fingerprint density at radius 2 is 2.33 bits per heavy atom. The molecule has 80 valence electrons. The highest BCUT2D eigenvalue weighted by atomic mass is 16.1. The molecule has 1 aliphatic carbocycles. The van der Waals surface area contributed by atoms with Crippen LogP contribution < -0.4 is 11.1 Å². The van der Waals surface area contributed by atoms with Crippen molar-refractivity contribution in [2.45, 2.75) is 32.2 Å². The second-order valence-electron chi connectivity index (χ2n) is 4.09. The van der Waals surface area contributed by atoms with E-state index >= 15 is 0 Å². The van der Waals surface area contributed by atoms with Crippen molar-refractivity contribution in [3.63, 3.8) is 0 Å². The van der Waals surface area contributed by atoms with Gasteiger partial charge in [-0.1, -0.05) is 6.07 Å². The van der Waals surface area contributed by atoms with Crippen molar-refractivity contribution in [2.75, 3.05) is 5.32 Å². The molecule has 3 N–H and O–H groups in total. The van der Waals surface area contributed by atoms with Gasteiger partial charge in [0.2, 0.25) is 5.91 Å². The molecular formula is C12H16N2O. The van der Waals surface area contributed by atoms with E-state index in [0.29, 0.717) is 0 Å². The third-order valence-corrected chi connectivity index (χ3v) is 2.82. The van der Waals surface area contributed by atoms with Crippen LogP contribution in [0.5, 0.6) is 0 Å². The van der Waals surface area contributed by atoms with E-state index in [1.165, 1.54) is 18.1 Å². The average molecular weight is 204 g/mol. The predicted octanol–water partition coefficient (Wildman–Crippen LogP) is 1.98. The van der Waals surface area contributed by atoms with Crippen molar-refractivity contribution in [3.8, 4) is 0 Å². The molecule has 0 fully saturated rings.